The van der Waals surface area contributed by atoms with Crippen LogP contribution in [0.1, 0.15) is 27.5 Å². The minimum Gasteiger partial charge on any atom is -0.491 e. The number of nitrogens with one attached hydrogen (secondary N) is 1. The number of benzene rings is 3. The normalized spacial score (nSPS) is 15.6. The van der Waals surface area contributed by atoms with Gasteiger partial charge in [-0.05, 0) is 51.9 Å². The number of hydrogen-bond acceptors (Lipinski definition) is 3. The van der Waals surface area contributed by atoms with E-state index in [1.54, 1.807) is 6.07 Å². The molecule has 28 heavy (non-hydrogen) atoms. The van der Waals surface area contributed by atoms with Crippen molar-refractivity contribution in [1.82, 2.24) is 5.32 Å². The lowest BCUT2D eigenvalue weighted by Gasteiger charge is -2.26. The summed E-state index contributed by atoms with van der Waals surface area (Å²) >= 11 is 2.17. The topological polar surface area (TPSA) is 55.4 Å². The third-order valence-corrected chi connectivity index (χ3v) is 5.47. The van der Waals surface area contributed by atoms with E-state index in [4.69, 9.17) is 4.74 Å². The molecule has 4 nitrogen and oxygen atoms in total. The van der Waals surface area contributed by atoms with Gasteiger partial charge in [-0.25, -0.2) is 0 Å². The summed E-state index contributed by atoms with van der Waals surface area (Å²) in [5.41, 5.74) is 2.38. The number of ether oxygens (including phenoxy) is 1. The lowest BCUT2D eigenvalue weighted by molar-refractivity contribution is -0.125. The van der Waals surface area contributed by atoms with E-state index >= 15 is 0 Å². The minimum absolute atomic E-state index is 0.0497. The van der Waals surface area contributed by atoms with E-state index in [1.807, 2.05) is 72.8 Å². The quantitative estimate of drug-likeness (QED) is 0.443. The molecule has 1 aliphatic heterocycles. The number of hydrogen-bond donors (Lipinski definition) is 1. The first-order valence-electron chi connectivity index (χ1n) is 9.00. The molecule has 140 valence electrons. The summed E-state index contributed by atoms with van der Waals surface area (Å²) in [6.07, 6.45) is 0. The van der Waals surface area contributed by atoms with Crippen molar-refractivity contribution >= 4 is 34.3 Å². The number of amides is 1. The molecule has 0 fully saturated rings. The Morgan fingerprint density at radius 2 is 1.57 bits per heavy atom. The molecular weight excluding hydrogens is 465 g/mol. The van der Waals surface area contributed by atoms with Gasteiger partial charge >= 0.3 is 0 Å². The van der Waals surface area contributed by atoms with Crippen LogP contribution in [0.2, 0.25) is 0 Å². The van der Waals surface area contributed by atoms with Gasteiger partial charge in [0.05, 0.1) is 11.6 Å². The minimum atomic E-state index is -0.859. The average Bonchev–Trinajstić information content (AvgIpc) is 2.73. The molecule has 1 N–H and O–H groups in total. The van der Waals surface area contributed by atoms with Crippen LogP contribution in [0.4, 0.5) is 0 Å². The number of rotatable bonds is 4. The van der Waals surface area contributed by atoms with Crippen molar-refractivity contribution in [3.8, 4) is 5.75 Å². The van der Waals surface area contributed by atoms with E-state index in [0.717, 1.165) is 14.7 Å². The molecular formula is C23H18INO3. The Labute approximate surface area is 177 Å². The predicted molar refractivity (Wildman–Crippen MR) is 115 cm³/mol. The second-order valence-electron chi connectivity index (χ2n) is 6.63. The van der Waals surface area contributed by atoms with E-state index in [2.05, 4.69) is 27.9 Å². The number of carbonyl (C=O) groups is 2. The monoisotopic (exact) mass is 483 g/mol. The third-order valence-electron chi connectivity index (χ3n) is 4.80. The number of fused-ring (bicyclic) bond motifs is 1. The Bertz CT molecular complexity index is 965. The van der Waals surface area contributed by atoms with Crippen LogP contribution in [0.3, 0.4) is 0 Å². The van der Waals surface area contributed by atoms with Gasteiger partial charge in [0.1, 0.15) is 18.3 Å². The summed E-state index contributed by atoms with van der Waals surface area (Å²) in [5.74, 6) is -0.840. The maximum absolute atomic E-state index is 13.0. The van der Waals surface area contributed by atoms with Crippen LogP contribution in [-0.2, 0) is 4.79 Å². The average molecular weight is 483 g/mol. The van der Waals surface area contributed by atoms with Gasteiger partial charge in [0.15, 0.2) is 5.78 Å². The lowest BCUT2D eigenvalue weighted by atomic mass is 9.92. The first-order valence-corrected chi connectivity index (χ1v) is 10.1. The lowest BCUT2D eigenvalue weighted by Crippen LogP contribution is -2.43. The molecule has 0 spiro atoms. The number of ketones is 1. The SMILES string of the molecule is O=C(NC(c1ccccc1)c1ccccc1)C1COc2cc(I)ccc2C1=O. The molecule has 4 rings (SSSR count). The highest BCUT2D eigenvalue weighted by Crippen LogP contribution is 2.30. The van der Waals surface area contributed by atoms with Crippen LogP contribution < -0.4 is 10.1 Å². The zero-order chi connectivity index (χ0) is 19.5. The van der Waals surface area contributed by atoms with Gasteiger partial charge < -0.3 is 10.1 Å². The fraction of sp³-hybridized carbons (Fsp3) is 0.130. The van der Waals surface area contributed by atoms with Crippen LogP contribution in [-0.4, -0.2) is 18.3 Å². The van der Waals surface area contributed by atoms with E-state index in [0.29, 0.717) is 11.3 Å². The predicted octanol–water partition coefficient (Wildman–Crippen LogP) is 4.39. The molecule has 1 aliphatic rings. The standard InChI is InChI=1S/C23H18INO3/c24-17-11-12-18-20(13-17)28-14-19(22(18)26)23(27)25-21(15-7-3-1-4-8-15)16-9-5-2-6-10-16/h1-13,19,21H,14H2,(H,25,27). The Hall–Kier alpha value is -2.67. The first kappa shape index (κ1) is 18.7. The molecule has 0 aliphatic carbocycles. The summed E-state index contributed by atoms with van der Waals surface area (Å²) in [4.78, 5) is 25.9. The van der Waals surface area contributed by atoms with Crippen molar-refractivity contribution in [1.29, 1.82) is 0 Å². The van der Waals surface area contributed by atoms with E-state index in [9.17, 15) is 9.59 Å². The molecule has 3 aromatic rings. The maximum atomic E-state index is 13.0. The van der Waals surface area contributed by atoms with Crippen molar-refractivity contribution in [2.24, 2.45) is 5.92 Å². The number of carbonyl (C=O) groups excluding carboxylic acids is 2. The number of Topliss-reactive ketones (excluding diaryl/α,β-unsaturated/α-hetero) is 1. The van der Waals surface area contributed by atoms with Gasteiger partial charge in [0.25, 0.3) is 0 Å². The fourth-order valence-electron chi connectivity index (χ4n) is 3.34. The molecule has 1 heterocycles. The molecule has 0 saturated carbocycles. The summed E-state index contributed by atoms with van der Waals surface area (Å²) in [6.45, 7) is 0.0497. The zero-order valence-electron chi connectivity index (χ0n) is 15.0. The second-order valence-corrected chi connectivity index (χ2v) is 7.88. The third kappa shape index (κ3) is 3.80. The summed E-state index contributed by atoms with van der Waals surface area (Å²) in [7, 11) is 0. The van der Waals surface area contributed by atoms with Gasteiger partial charge in [0.2, 0.25) is 5.91 Å². The summed E-state index contributed by atoms with van der Waals surface area (Å²) in [5, 5.41) is 3.05. The summed E-state index contributed by atoms with van der Waals surface area (Å²) < 4.78 is 6.70. The van der Waals surface area contributed by atoms with E-state index in [1.165, 1.54) is 0 Å². The van der Waals surface area contributed by atoms with Crippen molar-refractivity contribution in [3.63, 3.8) is 0 Å². The molecule has 0 radical (unpaired) electrons. The van der Waals surface area contributed by atoms with Gasteiger partial charge in [-0.3, -0.25) is 9.59 Å². The Kier molecular flexibility index (Phi) is 5.43. The first-order chi connectivity index (χ1) is 13.6. The molecule has 0 saturated heterocycles. The van der Waals surface area contributed by atoms with Crippen LogP contribution in [0.15, 0.2) is 78.9 Å². The maximum Gasteiger partial charge on any atom is 0.235 e. The molecule has 1 amide bonds. The van der Waals surface area contributed by atoms with Gasteiger partial charge in [-0.1, -0.05) is 60.7 Å². The van der Waals surface area contributed by atoms with Crippen molar-refractivity contribution in [2.45, 2.75) is 6.04 Å². The molecule has 1 atom stereocenters. The largest absolute Gasteiger partial charge is 0.491 e. The molecule has 5 heteroatoms. The number of halogens is 1. The molecule has 1 unspecified atom stereocenters. The van der Waals surface area contributed by atoms with Crippen LogP contribution in [0.25, 0.3) is 0 Å². The molecule has 0 aromatic heterocycles. The summed E-state index contributed by atoms with van der Waals surface area (Å²) in [6, 6.07) is 24.5. The van der Waals surface area contributed by atoms with Crippen molar-refractivity contribution in [3.05, 3.63) is 99.1 Å². The van der Waals surface area contributed by atoms with Crippen molar-refractivity contribution in [2.75, 3.05) is 6.61 Å². The second kappa shape index (κ2) is 8.14. The molecule has 3 aromatic carbocycles. The highest BCUT2D eigenvalue weighted by Gasteiger charge is 2.35. The smallest absolute Gasteiger partial charge is 0.235 e. The van der Waals surface area contributed by atoms with Crippen LogP contribution in [0, 0.1) is 9.49 Å². The van der Waals surface area contributed by atoms with Gasteiger partial charge in [-0.15, -0.1) is 0 Å². The molecule has 0 bridgehead atoms. The Morgan fingerprint density at radius 1 is 0.964 bits per heavy atom. The van der Waals surface area contributed by atoms with Gasteiger partial charge in [-0.2, -0.15) is 0 Å². The fourth-order valence-corrected chi connectivity index (χ4v) is 3.81. The zero-order valence-corrected chi connectivity index (χ0v) is 17.1. The Balaban J connectivity index is 1.60. The van der Waals surface area contributed by atoms with Crippen molar-refractivity contribution < 1.29 is 14.3 Å². The van der Waals surface area contributed by atoms with E-state index < -0.39 is 5.92 Å². The van der Waals surface area contributed by atoms with Crippen LogP contribution >= 0.6 is 22.6 Å². The highest BCUT2D eigenvalue weighted by atomic mass is 127. The Morgan fingerprint density at radius 3 is 2.18 bits per heavy atom. The van der Waals surface area contributed by atoms with Crippen LogP contribution in [0.5, 0.6) is 5.75 Å². The van der Waals surface area contributed by atoms with E-state index in [-0.39, 0.29) is 24.3 Å². The van der Waals surface area contributed by atoms with Gasteiger partial charge in [0, 0.05) is 3.57 Å². The highest BCUT2D eigenvalue weighted by molar-refractivity contribution is 14.1.